The molecule has 0 aromatic heterocycles. The number of rotatable bonds is 14. The number of hydrogen-bond acceptors (Lipinski definition) is 5. The average molecular weight is 360 g/mol. The van der Waals surface area contributed by atoms with Crippen molar-refractivity contribution in [2.75, 3.05) is 40.4 Å². The standard InChI is InChI=1S/C18H37N3O4/c1-17(2,24-6)10-14-25-18(3,4)9-11-20-15(22)7-8-16(23)21-13-12-19-5/h19H,7-14H2,1-6H3,(H,20,22)(H,21,23). The zero-order valence-corrected chi connectivity index (χ0v) is 16.8. The highest BCUT2D eigenvalue weighted by Crippen LogP contribution is 2.18. The highest BCUT2D eigenvalue weighted by Gasteiger charge is 2.22. The minimum absolute atomic E-state index is 0.102. The minimum atomic E-state index is -0.318. The van der Waals surface area contributed by atoms with Gasteiger partial charge in [-0.3, -0.25) is 9.59 Å². The highest BCUT2D eigenvalue weighted by molar-refractivity contribution is 5.83. The Labute approximate surface area is 152 Å². The molecule has 0 heterocycles. The molecule has 148 valence electrons. The number of hydrogen-bond donors (Lipinski definition) is 3. The van der Waals surface area contributed by atoms with E-state index in [0.29, 0.717) is 32.7 Å². The summed E-state index contributed by atoms with van der Waals surface area (Å²) in [5.41, 5.74) is -0.514. The van der Waals surface area contributed by atoms with Crippen molar-refractivity contribution >= 4 is 11.8 Å². The van der Waals surface area contributed by atoms with Gasteiger partial charge in [-0.2, -0.15) is 0 Å². The molecule has 2 amide bonds. The van der Waals surface area contributed by atoms with Crippen LogP contribution in [-0.2, 0) is 19.1 Å². The van der Waals surface area contributed by atoms with Crippen LogP contribution in [0.1, 0.15) is 53.4 Å². The third-order valence-corrected chi connectivity index (χ3v) is 4.08. The lowest BCUT2D eigenvalue weighted by Crippen LogP contribution is -2.35. The van der Waals surface area contributed by atoms with Crippen molar-refractivity contribution in [3.8, 4) is 0 Å². The van der Waals surface area contributed by atoms with Crippen LogP contribution in [-0.4, -0.2) is 63.4 Å². The fourth-order valence-corrected chi connectivity index (χ4v) is 1.98. The molecule has 0 spiro atoms. The summed E-state index contributed by atoms with van der Waals surface area (Å²) in [6.07, 6.45) is 1.93. The van der Waals surface area contributed by atoms with Crippen molar-refractivity contribution in [2.24, 2.45) is 0 Å². The van der Waals surface area contributed by atoms with Crippen LogP contribution in [0, 0.1) is 0 Å². The lowest BCUT2D eigenvalue weighted by Gasteiger charge is -2.29. The molecule has 0 bridgehead atoms. The minimum Gasteiger partial charge on any atom is -0.379 e. The molecule has 0 aliphatic heterocycles. The second kappa shape index (κ2) is 12.2. The van der Waals surface area contributed by atoms with Crippen LogP contribution in [0.4, 0.5) is 0 Å². The number of methoxy groups -OCH3 is 1. The van der Waals surface area contributed by atoms with E-state index in [2.05, 4.69) is 16.0 Å². The van der Waals surface area contributed by atoms with Gasteiger partial charge in [0.25, 0.3) is 0 Å². The molecule has 3 N–H and O–H groups in total. The van der Waals surface area contributed by atoms with Crippen molar-refractivity contribution in [1.82, 2.24) is 16.0 Å². The summed E-state index contributed by atoms with van der Waals surface area (Å²) in [4.78, 5) is 23.3. The number of likely N-dealkylation sites (N-methyl/N-ethyl adjacent to an activating group) is 1. The molecule has 0 aliphatic carbocycles. The van der Waals surface area contributed by atoms with Gasteiger partial charge in [0.1, 0.15) is 0 Å². The van der Waals surface area contributed by atoms with E-state index in [4.69, 9.17) is 9.47 Å². The number of ether oxygens (including phenoxy) is 2. The zero-order valence-electron chi connectivity index (χ0n) is 16.8. The normalized spacial score (nSPS) is 12.1. The molecule has 7 heteroatoms. The fourth-order valence-electron chi connectivity index (χ4n) is 1.98. The molecule has 0 unspecified atom stereocenters. The molecule has 0 radical (unpaired) electrons. The van der Waals surface area contributed by atoms with E-state index in [-0.39, 0.29) is 35.9 Å². The average Bonchev–Trinajstić information content (AvgIpc) is 2.52. The van der Waals surface area contributed by atoms with Gasteiger partial charge in [-0.25, -0.2) is 0 Å². The predicted octanol–water partition coefficient (Wildman–Crippen LogP) is 1.22. The van der Waals surface area contributed by atoms with E-state index in [1.807, 2.05) is 34.7 Å². The molecule has 0 fully saturated rings. The van der Waals surface area contributed by atoms with Crippen molar-refractivity contribution in [3.63, 3.8) is 0 Å². The number of carbonyl (C=O) groups is 2. The van der Waals surface area contributed by atoms with Crippen LogP contribution in [0.5, 0.6) is 0 Å². The Hall–Kier alpha value is -1.18. The molecular weight excluding hydrogens is 322 g/mol. The van der Waals surface area contributed by atoms with E-state index in [9.17, 15) is 9.59 Å². The second-order valence-electron chi connectivity index (χ2n) is 7.38. The molecule has 0 aromatic carbocycles. The quantitative estimate of drug-likeness (QED) is 0.406. The maximum Gasteiger partial charge on any atom is 0.220 e. The van der Waals surface area contributed by atoms with Crippen LogP contribution < -0.4 is 16.0 Å². The van der Waals surface area contributed by atoms with Crippen LogP contribution in [0.25, 0.3) is 0 Å². The summed E-state index contributed by atoms with van der Waals surface area (Å²) in [5.74, 6) is -0.213. The van der Waals surface area contributed by atoms with Gasteiger partial charge >= 0.3 is 0 Å². The Morgan fingerprint density at radius 3 is 1.92 bits per heavy atom. The first kappa shape index (κ1) is 23.8. The summed E-state index contributed by atoms with van der Waals surface area (Å²) < 4.78 is 11.3. The fraction of sp³-hybridized carbons (Fsp3) is 0.889. The molecule has 0 aliphatic rings. The summed E-state index contributed by atoms with van der Waals surface area (Å²) in [6, 6.07) is 0. The van der Waals surface area contributed by atoms with Crippen LogP contribution in [0.3, 0.4) is 0 Å². The van der Waals surface area contributed by atoms with Gasteiger partial charge in [0.15, 0.2) is 0 Å². The van der Waals surface area contributed by atoms with Crippen molar-refractivity contribution < 1.29 is 19.1 Å². The number of nitrogens with one attached hydrogen (secondary N) is 3. The van der Waals surface area contributed by atoms with E-state index in [1.165, 1.54) is 0 Å². The lowest BCUT2D eigenvalue weighted by molar-refractivity contribution is -0.126. The molecule has 0 saturated carbocycles. The van der Waals surface area contributed by atoms with Crippen molar-refractivity contribution in [1.29, 1.82) is 0 Å². The van der Waals surface area contributed by atoms with Crippen molar-refractivity contribution in [2.45, 2.75) is 64.6 Å². The molecule has 0 rings (SSSR count). The Balaban J connectivity index is 3.85. The molecule has 0 atom stereocenters. The molecular formula is C18H37N3O4. The Morgan fingerprint density at radius 1 is 0.840 bits per heavy atom. The summed E-state index contributed by atoms with van der Waals surface area (Å²) >= 11 is 0. The molecule has 7 nitrogen and oxygen atoms in total. The van der Waals surface area contributed by atoms with Crippen LogP contribution in [0.15, 0.2) is 0 Å². The predicted molar refractivity (Wildman–Crippen MR) is 99.5 cm³/mol. The Morgan fingerprint density at radius 2 is 1.40 bits per heavy atom. The van der Waals surface area contributed by atoms with Crippen LogP contribution in [0.2, 0.25) is 0 Å². The number of carbonyl (C=O) groups excluding carboxylic acids is 2. The van der Waals surface area contributed by atoms with E-state index in [0.717, 1.165) is 6.42 Å². The lowest BCUT2D eigenvalue weighted by atomic mass is 10.0. The van der Waals surface area contributed by atoms with Crippen molar-refractivity contribution in [3.05, 3.63) is 0 Å². The van der Waals surface area contributed by atoms with Gasteiger partial charge in [-0.15, -0.1) is 0 Å². The molecule has 25 heavy (non-hydrogen) atoms. The van der Waals surface area contributed by atoms with Gasteiger partial charge in [0.2, 0.25) is 11.8 Å². The zero-order chi connectivity index (χ0) is 19.3. The summed E-state index contributed by atoms with van der Waals surface area (Å²) in [7, 11) is 3.52. The highest BCUT2D eigenvalue weighted by atomic mass is 16.5. The van der Waals surface area contributed by atoms with E-state index >= 15 is 0 Å². The maximum absolute atomic E-state index is 11.8. The molecule has 0 saturated heterocycles. The van der Waals surface area contributed by atoms with Gasteiger partial charge < -0.3 is 25.4 Å². The van der Waals surface area contributed by atoms with Gasteiger partial charge in [-0.05, 0) is 47.6 Å². The summed E-state index contributed by atoms with van der Waals surface area (Å²) in [5, 5.41) is 8.53. The first-order valence-corrected chi connectivity index (χ1v) is 8.99. The van der Waals surface area contributed by atoms with Gasteiger partial charge in [-0.1, -0.05) is 0 Å². The van der Waals surface area contributed by atoms with E-state index < -0.39 is 0 Å². The summed E-state index contributed by atoms with van der Waals surface area (Å²) in [6.45, 7) is 10.5. The maximum atomic E-state index is 11.8. The van der Waals surface area contributed by atoms with Gasteiger partial charge in [0, 0.05) is 39.6 Å². The second-order valence-corrected chi connectivity index (χ2v) is 7.38. The third kappa shape index (κ3) is 13.8. The van der Waals surface area contributed by atoms with Gasteiger partial charge in [0.05, 0.1) is 17.8 Å². The number of amides is 2. The Bertz CT molecular complexity index is 398. The monoisotopic (exact) mass is 359 g/mol. The third-order valence-electron chi connectivity index (χ3n) is 4.08. The SMILES string of the molecule is CNCCNC(=O)CCC(=O)NCCC(C)(C)OCCC(C)(C)OC. The van der Waals surface area contributed by atoms with E-state index in [1.54, 1.807) is 7.11 Å². The first-order chi connectivity index (χ1) is 11.6. The smallest absolute Gasteiger partial charge is 0.220 e. The Kier molecular flexibility index (Phi) is 11.6. The topological polar surface area (TPSA) is 88.7 Å². The van der Waals surface area contributed by atoms with Crippen LogP contribution >= 0.6 is 0 Å². The first-order valence-electron chi connectivity index (χ1n) is 8.99. The largest absolute Gasteiger partial charge is 0.379 e. The molecule has 0 aromatic rings.